The Labute approximate surface area is 179 Å². The third-order valence-electron chi connectivity index (χ3n) is 6.78. The first-order valence-corrected chi connectivity index (χ1v) is 11.0. The Morgan fingerprint density at radius 3 is 2.53 bits per heavy atom. The molecule has 158 valence electrons. The van der Waals surface area contributed by atoms with Gasteiger partial charge in [-0.05, 0) is 86.0 Å². The van der Waals surface area contributed by atoms with Gasteiger partial charge in [-0.25, -0.2) is 4.39 Å². The number of carbonyl (C=O) groups excluding carboxylic acids is 1. The number of amides is 1. The number of piperidine rings is 1. The first-order chi connectivity index (χ1) is 14.5. The van der Waals surface area contributed by atoms with Gasteiger partial charge in [0, 0.05) is 25.2 Å². The zero-order chi connectivity index (χ0) is 21.1. The number of carbonyl (C=O) groups is 1. The molecule has 0 spiro atoms. The van der Waals surface area contributed by atoms with Crippen molar-refractivity contribution in [1.29, 1.82) is 0 Å². The molecule has 4 heteroatoms. The summed E-state index contributed by atoms with van der Waals surface area (Å²) in [6, 6.07) is 12.9. The Kier molecular flexibility index (Phi) is 6.33. The van der Waals surface area contributed by atoms with Gasteiger partial charge in [-0.15, -0.1) is 0 Å². The highest BCUT2D eigenvalue weighted by atomic mass is 19.1. The second-order valence-electron chi connectivity index (χ2n) is 8.77. The maximum atomic E-state index is 13.2. The van der Waals surface area contributed by atoms with Crippen molar-refractivity contribution in [3.8, 4) is 0 Å². The van der Waals surface area contributed by atoms with Crippen LogP contribution in [0.15, 0.2) is 49.0 Å². The molecule has 2 aliphatic heterocycles. The summed E-state index contributed by atoms with van der Waals surface area (Å²) in [6.45, 7) is 10.8. The first-order valence-electron chi connectivity index (χ1n) is 11.0. The summed E-state index contributed by atoms with van der Waals surface area (Å²) < 4.78 is 13.2. The molecule has 2 aromatic carbocycles. The van der Waals surface area contributed by atoms with Crippen molar-refractivity contribution in [3.63, 3.8) is 0 Å². The highest BCUT2D eigenvalue weighted by Gasteiger charge is 2.30. The van der Waals surface area contributed by atoms with E-state index < -0.39 is 0 Å². The second kappa shape index (κ2) is 9.13. The van der Waals surface area contributed by atoms with E-state index in [1.54, 1.807) is 18.2 Å². The van der Waals surface area contributed by atoms with E-state index in [1.807, 2.05) is 42.2 Å². The molecule has 4 rings (SSSR count). The molecule has 0 saturated carbocycles. The Morgan fingerprint density at radius 1 is 1.10 bits per heavy atom. The topological polar surface area (TPSA) is 23.6 Å². The molecular weight excluding hydrogens is 375 g/mol. The fraction of sp³-hybridized carbons (Fsp3) is 0.423. The fourth-order valence-corrected chi connectivity index (χ4v) is 5.02. The standard InChI is InChI=1S/C26H31FN2O/c1-3-24-19(2)5-4-6-25(24)26(30)29-16-11-20(18-29)17-28-14-12-22(13-15-28)21-7-9-23(27)10-8-21/h3-10,20,22H,1,11-18H2,2H3. The van der Waals surface area contributed by atoms with Gasteiger partial charge in [0.05, 0.1) is 0 Å². The van der Waals surface area contributed by atoms with Crippen molar-refractivity contribution in [2.75, 3.05) is 32.7 Å². The van der Waals surface area contributed by atoms with Gasteiger partial charge in [0.25, 0.3) is 5.91 Å². The molecule has 0 bridgehead atoms. The van der Waals surface area contributed by atoms with E-state index in [4.69, 9.17) is 0 Å². The van der Waals surface area contributed by atoms with Crippen LogP contribution in [0.5, 0.6) is 0 Å². The quantitative estimate of drug-likeness (QED) is 0.688. The molecule has 3 nitrogen and oxygen atoms in total. The minimum absolute atomic E-state index is 0.131. The van der Waals surface area contributed by atoms with Crippen LogP contribution < -0.4 is 0 Å². The van der Waals surface area contributed by atoms with Gasteiger partial charge in [0.2, 0.25) is 0 Å². The summed E-state index contributed by atoms with van der Waals surface area (Å²) in [4.78, 5) is 17.6. The molecule has 0 N–H and O–H groups in total. The lowest BCUT2D eigenvalue weighted by Gasteiger charge is -2.33. The molecule has 0 aliphatic carbocycles. The van der Waals surface area contributed by atoms with Crippen LogP contribution in [0.25, 0.3) is 6.08 Å². The SMILES string of the molecule is C=Cc1c(C)cccc1C(=O)N1CCC(CN2CCC(c3ccc(F)cc3)CC2)C1. The van der Waals surface area contributed by atoms with E-state index in [0.29, 0.717) is 11.8 Å². The highest BCUT2D eigenvalue weighted by molar-refractivity contribution is 5.98. The van der Waals surface area contributed by atoms with E-state index in [2.05, 4.69) is 11.5 Å². The van der Waals surface area contributed by atoms with E-state index in [1.165, 1.54) is 5.56 Å². The molecule has 0 radical (unpaired) electrons. The van der Waals surface area contributed by atoms with Crippen molar-refractivity contribution >= 4 is 12.0 Å². The van der Waals surface area contributed by atoms with Crippen LogP contribution in [0.4, 0.5) is 4.39 Å². The molecule has 2 saturated heterocycles. The van der Waals surface area contributed by atoms with Crippen molar-refractivity contribution < 1.29 is 9.18 Å². The van der Waals surface area contributed by atoms with Gasteiger partial charge in [0.1, 0.15) is 5.82 Å². The first kappa shape index (κ1) is 20.8. The molecule has 1 amide bonds. The summed E-state index contributed by atoms with van der Waals surface area (Å²) in [5.41, 5.74) is 4.07. The van der Waals surface area contributed by atoms with E-state index in [0.717, 1.165) is 68.7 Å². The molecule has 2 fully saturated rings. The van der Waals surface area contributed by atoms with Gasteiger partial charge in [0.15, 0.2) is 0 Å². The second-order valence-corrected chi connectivity index (χ2v) is 8.77. The number of rotatable bonds is 5. The van der Waals surface area contributed by atoms with Gasteiger partial charge in [-0.3, -0.25) is 4.79 Å². The Morgan fingerprint density at radius 2 is 1.83 bits per heavy atom. The molecule has 1 unspecified atom stereocenters. The molecular formula is C26H31FN2O. The van der Waals surface area contributed by atoms with Gasteiger partial charge in [-0.2, -0.15) is 0 Å². The molecule has 2 aromatic rings. The van der Waals surface area contributed by atoms with Gasteiger partial charge in [-0.1, -0.05) is 36.9 Å². The number of hydrogen-bond donors (Lipinski definition) is 0. The zero-order valence-electron chi connectivity index (χ0n) is 17.8. The monoisotopic (exact) mass is 406 g/mol. The lowest BCUT2D eigenvalue weighted by molar-refractivity contribution is 0.0781. The fourth-order valence-electron chi connectivity index (χ4n) is 5.02. The molecule has 2 aliphatic rings. The maximum Gasteiger partial charge on any atom is 0.254 e. The minimum Gasteiger partial charge on any atom is -0.338 e. The smallest absolute Gasteiger partial charge is 0.254 e. The Hall–Kier alpha value is -2.46. The molecule has 0 aromatic heterocycles. The number of nitrogens with zero attached hydrogens (tertiary/aromatic N) is 2. The predicted molar refractivity (Wildman–Crippen MR) is 120 cm³/mol. The number of likely N-dealkylation sites (tertiary alicyclic amines) is 2. The van der Waals surface area contributed by atoms with Crippen molar-refractivity contribution in [1.82, 2.24) is 9.80 Å². The molecule has 1 atom stereocenters. The number of benzene rings is 2. The minimum atomic E-state index is -0.164. The van der Waals surface area contributed by atoms with Gasteiger partial charge >= 0.3 is 0 Å². The maximum absolute atomic E-state index is 13.2. The van der Waals surface area contributed by atoms with E-state index in [-0.39, 0.29) is 11.7 Å². The summed E-state index contributed by atoms with van der Waals surface area (Å²) in [7, 11) is 0. The summed E-state index contributed by atoms with van der Waals surface area (Å²) in [5, 5.41) is 0. The third kappa shape index (κ3) is 4.49. The lowest BCUT2D eigenvalue weighted by Crippen LogP contribution is -2.38. The largest absolute Gasteiger partial charge is 0.338 e. The van der Waals surface area contributed by atoms with Crippen LogP contribution in [0, 0.1) is 18.7 Å². The van der Waals surface area contributed by atoms with Crippen LogP contribution >= 0.6 is 0 Å². The number of hydrogen-bond acceptors (Lipinski definition) is 2. The van der Waals surface area contributed by atoms with Crippen LogP contribution in [0.3, 0.4) is 0 Å². The number of halogens is 1. The lowest BCUT2D eigenvalue weighted by atomic mass is 9.89. The normalized spacial score (nSPS) is 20.5. The van der Waals surface area contributed by atoms with Crippen molar-refractivity contribution in [2.24, 2.45) is 5.92 Å². The Balaban J connectivity index is 1.30. The zero-order valence-corrected chi connectivity index (χ0v) is 17.8. The summed E-state index contributed by atoms with van der Waals surface area (Å²) >= 11 is 0. The van der Waals surface area contributed by atoms with Crippen molar-refractivity contribution in [3.05, 3.63) is 77.1 Å². The summed E-state index contributed by atoms with van der Waals surface area (Å²) in [5.74, 6) is 1.03. The third-order valence-corrected chi connectivity index (χ3v) is 6.78. The van der Waals surface area contributed by atoms with E-state index in [9.17, 15) is 9.18 Å². The number of aryl methyl sites for hydroxylation is 1. The average molecular weight is 407 g/mol. The van der Waals surface area contributed by atoms with Crippen LogP contribution in [-0.4, -0.2) is 48.4 Å². The summed E-state index contributed by atoms with van der Waals surface area (Å²) in [6.07, 6.45) is 5.10. The van der Waals surface area contributed by atoms with Crippen LogP contribution in [0.1, 0.15) is 52.2 Å². The molecule has 2 heterocycles. The molecule has 30 heavy (non-hydrogen) atoms. The highest BCUT2D eigenvalue weighted by Crippen LogP contribution is 2.30. The van der Waals surface area contributed by atoms with E-state index >= 15 is 0 Å². The van der Waals surface area contributed by atoms with Crippen molar-refractivity contribution in [2.45, 2.75) is 32.1 Å². The predicted octanol–water partition coefficient (Wildman–Crippen LogP) is 5.12. The van der Waals surface area contributed by atoms with Crippen LogP contribution in [0.2, 0.25) is 0 Å². The average Bonchev–Trinajstić information content (AvgIpc) is 3.23. The van der Waals surface area contributed by atoms with Gasteiger partial charge < -0.3 is 9.80 Å². The Bertz CT molecular complexity index is 900. The van der Waals surface area contributed by atoms with Crippen LogP contribution in [-0.2, 0) is 0 Å².